The average molecular weight is 255 g/mol. The van der Waals surface area contributed by atoms with Crippen LogP contribution in [0.25, 0.3) is 0 Å². The number of benzene rings is 1. The van der Waals surface area contributed by atoms with E-state index in [-0.39, 0.29) is 17.5 Å². The van der Waals surface area contributed by atoms with Crippen LogP contribution in [0.4, 0.5) is 4.39 Å². The van der Waals surface area contributed by atoms with Crippen LogP contribution < -0.4 is 10.5 Å². The van der Waals surface area contributed by atoms with Crippen molar-refractivity contribution in [2.45, 2.75) is 38.3 Å². The van der Waals surface area contributed by atoms with Crippen molar-refractivity contribution in [1.29, 1.82) is 0 Å². The number of hydrogen-bond donors (Lipinski definition) is 1. The summed E-state index contributed by atoms with van der Waals surface area (Å²) in [5.41, 5.74) is 6.29. The van der Waals surface area contributed by atoms with E-state index in [1.165, 1.54) is 13.2 Å². The molecule has 0 heterocycles. The lowest BCUT2D eigenvalue weighted by Gasteiger charge is -2.24. The quantitative estimate of drug-likeness (QED) is 0.849. The Kier molecular flexibility index (Phi) is 5.11. The lowest BCUT2D eigenvalue weighted by molar-refractivity contribution is 0.0124. The predicted molar refractivity (Wildman–Crippen MR) is 70.2 cm³/mol. The Labute approximate surface area is 108 Å². The number of ether oxygens (including phenoxy) is 2. The molecule has 0 aromatic heterocycles. The second-order valence-corrected chi connectivity index (χ2v) is 5.00. The standard InChI is InChI=1S/C14H22FNO2/c1-14(2,18-4)8-7-13(16)11-6-5-10(17-3)9-12(11)15/h5-6,9,13H,7-8,16H2,1-4H3. The van der Waals surface area contributed by atoms with Crippen molar-refractivity contribution in [3.8, 4) is 5.75 Å². The van der Waals surface area contributed by atoms with Gasteiger partial charge < -0.3 is 15.2 Å². The molecule has 0 aliphatic rings. The number of hydrogen-bond acceptors (Lipinski definition) is 3. The molecule has 0 fully saturated rings. The Balaban J connectivity index is 2.70. The Hall–Kier alpha value is -1.13. The summed E-state index contributed by atoms with van der Waals surface area (Å²) in [6, 6.07) is 4.43. The normalized spacial score (nSPS) is 13.4. The first-order chi connectivity index (χ1) is 8.39. The summed E-state index contributed by atoms with van der Waals surface area (Å²) < 4.78 is 24.1. The molecule has 0 saturated carbocycles. The number of rotatable bonds is 6. The van der Waals surface area contributed by atoms with Crippen molar-refractivity contribution >= 4 is 0 Å². The predicted octanol–water partition coefficient (Wildman–Crippen LogP) is 3.04. The smallest absolute Gasteiger partial charge is 0.131 e. The molecule has 102 valence electrons. The number of methoxy groups -OCH3 is 2. The van der Waals surface area contributed by atoms with Crippen molar-refractivity contribution < 1.29 is 13.9 Å². The van der Waals surface area contributed by atoms with Gasteiger partial charge in [0.25, 0.3) is 0 Å². The summed E-state index contributed by atoms with van der Waals surface area (Å²) in [6.45, 7) is 3.98. The SMILES string of the molecule is COc1ccc(C(N)CCC(C)(C)OC)c(F)c1. The summed E-state index contributed by atoms with van der Waals surface area (Å²) in [5, 5.41) is 0. The third-order valence-corrected chi connectivity index (χ3v) is 3.22. The molecule has 1 aromatic rings. The summed E-state index contributed by atoms with van der Waals surface area (Å²) in [4.78, 5) is 0. The minimum atomic E-state index is -0.328. The van der Waals surface area contributed by atoms with E-state index in [1.807, 2.05) is 13.8 Å². The lowest BCUT2D eigenvalue weighted by atomic mass is 9.95. The molecule has 0 bridgehead atoms. The molecule has 4 heteroatoms. The second-order valence-electron chi connectivity index (χ2n) is 5.00. The molecule has 3 nitrogen and oxygen atoms in total. The third kappa shape index (κ3) is 3.96. The van der Waals surface area contributed by atoms with Crippen molar-refractivity contribution in [3.05, 3.63) is 29.6 Å². The van der Waals surface area contributed by atoms with E-state index in [4.69, 9.17) is 15.2 Å². The molecule has 1 aromatic carbocycles. The number of nitrogens with two attached hydrogens (primary N) is 1. The van der Waals surface area contributed by atoms with Gasteiger partial charge in [0, 0.05) is 24.8 Å². The van der Waals surface area contributed by atoms with Gasteiger partial charge in [-0.3, -0.25) is 0 Å². The highest BCUT2D eigenvalue weighted by Crippen LogP contribution is 2.26. The zero-order chi connectivity index (χ0) is 13.8. The van der Waals surface area contributed by atoms with Crippen LogP contribution >= 0.6 is 0 Å². The van der Waals surface area contributed by atoms with E-state index < -0.39 is 0 Å². The van der Waals surface area contributed by atoms with Gasteiger partial charge in [-0.1, -0.05) is 6.07 Å². The van der Waals surface area contributed by atoms with Crippen LogP contribution in [-0.4, -0.2) is 19.8 Å². The van der Waals surface area contributed by atoms with Crippen LogP contribution in [-0.2, 0) is 4.74 Å². The van der Waals surface area contributed by atoms with Gasteiger partial charge in [-0.15, -0.1) is 0 Å². The molecule has 0 saturated heterocycles. The maximum atomic E-state index is 13.8. The van der Waals surface area contributed by atoms with E-state index in [0.717, 1.165) is 6.42 Å². The van der Waals surface area contributed by atoms with Gasteiger partial charge >= 0.3 is 0 Å². The third-order valence-electron chi connectivity index (χ3n) is 3.22. The minimum absolute atomic E-state index is 0.236. The van der Waals surface area contributed by atoms with Crippen LogP contribution in [0, 0.1) is 5.82 Å². The summed E-state index contributed by atoms with van der Waals surface area (Å²) in [5.74, 6) is 0.178. The molecule has 0 amide bonds. The zero-order valence-corrected chi connectivity index (χ0v) is 11.5. The van der Waals surface area contributed by atoms with E-state index in [1.54, 1.807) is 19.2 Å². The summed E-state index contributed by atoms with van der Waals surface area (Å²) in [7, 11) is 3.18. The monoisotopic (exact) mass is 255 g/mol. The molecule has 0 radical (unpaired) electrons. The number of halogens is 1. The van der Waals surface area contributed by atoms with Gasteiger partial charge in [0.05, 0.1) is 12.7 Å². The van der Waals surface area contributed by atoms with Crippen LogP contribution in [0.3, 0.4) is 0 Å². The van der Waals surface area contributed by atoms with Crippen molar-refractivity contribution in [2.24, 2.45) is 5.73 Å². The first-order valence-corrected chi connectivity index (χ1v) is 6.04. The average Bonchev–Trinajstić information content (AvgIpc) is 2.36. The highest BCUT2D eigenvalue weighted by molar-refractivity contribution is 5.30. The molecule has 2 N–H and O–H groups in total. The highest BCUT2D eigenvalue weighted by atomic mass is 19.1. The van der Waals surface area contributed by atoms with Gasteiger partial charge in [-0.05, 0) is 32.8 Å². The summed E-state index contributed by atoms with van der Waals surface area (Å²) >= 11 is 0. The Morgan fingerprint density at radius 1 is 1.33 bits per heavy atom. The van der Waals surface area contributed by atoms with E-state index >= 15 is 0 Å². The van der Waals surface area contributed by atoms with Gasteiger partial charge in [0.2, 0.25) is 0 Å². The molecule has 0 aliphatic heterocycles. The van der Waals surface area contributed by atoms with E-state index in [2.05, 4.69) is 0 Å². The minimum Gasteiger partial charge on any atom is -0.497 e. The Morgan fingerprint density at radius 2 is 2.00 bits per heavy atom. The summed E-state index contributed by atoms with van der Waals surface area (Å²) in [6.07, 6.45) is 1.44. The van der Waals surface area contributed by atoms with Crippen LogP contribution in [0.2, 0.25) is 0 Å². The van der Waals surface area contributed by atoms with Crippen molar-refractivity contribution in [2.75, 3.05) is 14.2 Å². The maximum Gasteiger partial charge on any atom is 0.131 e. The maximum absolute atomic E-state index is 13.8. The first kappa shape index (κ1) is 14.9. The molecule has 1 rings (SSSR count). The van der Waals surface area contributed by atoms with Crippen LogP contribution in [0.1, 0.15) is 38.3 Å². The fourth-order valence-electron chi connectivity index (χ4n) is 1.70. The molecule has 18 heavy (non-hydrogen) atoms. The highest BCUT2D eigenvalue weighted by Gasteiger charge is 2.20. The van der Waals surface area contributed by atoms with E-state index in [9.17, 15) is 4.39 Å². The van der Waals surface area contributed by atoms with Crippen LogP contribution in [0.15, 0.2) is 18.2 Å². The largest absolute Gasteiger partial charge is 0.497 e. The molecular weight excluding hydrogens is 233 g/mol. The van der Waals surface area contributed by atoms with Gasteiger partial charge in [-0.2, -0.15) is 0 Å². The molecule has 0 spiro atoms. The Morgan fingerprint density at radius 3 is 2.50 bits per heavy atom. The fourth-order valence-corrected chi connectivity index (χ4v) is 1.70. The van der Waals surface area contributed by atoms with Crippen LogP contribution in [0.5, 0.6) is 5.75 Å². The van der Waals surface area contributed by atoms with Gasteiger partial charge in [0.15, 0.2) is 0 Å². The van der Waals surface area contributed by atoms with Crippen molar-refractivity contribution in [1.82, 2.24) is 0 Å². The molecule has 1 atom stereocenters. The fraction of sp³-hybridized carbons (Fsp3) is 0.571. The molecular formula is C14H22FNO2. The van der Waals surface area contributed by atoms with Gasteiger partial charge in [0.1, 0.15) is 11.6 Å². The second kappa shape index (κ2) is 6.16. The van der Waals surface area contributed by atoms with E-state index in [0.29, 0.717) is 17.7 Å². The zero-order valence-electron chi connectivity index (χ0n) is 11.5. The van der Waals surface area contributed by atoms with Gasteiger partial charge in [-0.25, -0.2) is 4.39 Å². The molecule has 0 aliphatic carbocycles. The first-order valence-electron chi connectivity index (χ1n) is 6.04. The topological polar surface area (TPSA) is 44.5 Å². The molecule has 1 unspecified atom stereocenters. The Bertz CT molecular complexity index is 393. The lowest BCUT2D eigenvalue weighted by Crippen LogP contribution is -2.25. The van der Waals surface area contributed by atoms with Crippen molar-refractivity contribution in [3.63, 3.8) is 0 Å².